The third-order valence-corrected chi connectivity index (χ3v) is 5.57. The van der Waals surface area contributed by atoms with Crippen molar-refractivity contribution in [3.8, 4) is 5.75 Å². The molecule has 0 saturated carbocycles. The maximum Gasteiger partial charge on any atom is 0.119 e. The molecule has 1 N–H and O–H groups in total. The lowest BCUT2D eigenvalue weighted by Crippen LogP contribution is -2.28. The first-order valence-electron chi connectivity index (χ1n) is 8.32. The van der Waals surface area contributed by atoms with Gasteiger partial charge in [0.15, 0.2) is 0 Å². The molecule has 3 heteroatoms. The van der Waals surface area contributed by atoms with E-state index in [0.29, 0.717) is 11.3 Å². The van der Waals surface area contributed by atoms with Crippen molar-refractivity contribution < 1.29 is 4.74 Å². The third-order valence-electron chi connectivity index (χ3n) is 4.18. The van der Waals surface area contributed by atoms with Gasteiger partial charge >= 0.3 is 0 Å². The molecule has 0 radical (unpaired) electrons. The van der Waals surface area contributed by atoms with Crippen LogP contribution in [0, 0.1) is 0 Å². The Labute approximate surface area is 134 Å². The Morgan fingerprint density at radius 1 is 1.24 bits per heavy atom. The van der Waals surface area contributed by atoms with Crippen molar-refractivity contribution in [2.24, 2.45) is 0 Å². The summed E-state index contributed by atoms with van der Waals surface area (Å²) in [6.07, 6.45) is 6.38. The van der Waals surface area contributed by atoms with Crippen LogP contribution < -0.4 is 10.1 Å². The van der Waals surface area contributed by atoms with Crippen molar-refractivity contribution in [3.63, 3.8) is 0 Å². The maximum absolute atomic E-state index is 5.41. The van der Waals surface area contributed by atoms with E-state index >= 15 is 0 Å². The first-order valence-corrected chi connectivity index (χ1v) is 9.36. The normalized spacial score (nSPS) is 20.5. The van der Waals surface area contributed by atoms with Gasteiger partial charge in [-0.2, -0.15) is 11.8 Å². The van der Waals surface area contributed by atoms with E-state index in [4.69, 9.17) is 4.74 Å². The molecule has 21 heavy (non-hydrogen) atoms. The van der Waals surface area contributed by atoms with Gasteiger partial charge in [-0.05, 0) is 54.8 Å². The minimum Gasteiger partial charge on any atom is -0.497 e. The number of rotatable bonds is 9. The molecule has 2 nitrogen and oxygen atoms in total. The Bertz CT molecular complexity index is 435. The Balaban J connectivity index is 2.04. The largest absolute Gasteiger partial charge is 0.497 e. The first kappa shape index (κ1) is 16.7. The van der Waals surface area contributed by atoms with Crippen molar-refractivity contribution in [1.82, 2.24) is 5.32 Å². The van der Waals surface area contributed by atoms with Crippen LogP contribution in [0.5, 0.6) is 5.75 Å². The van der Waals surface area contributed by atoms with Crippen LogP contribution in [0.25, 0.3) is 0 Å². The summed E-state index contributed by atoms with van der Waals surface area (Å²) in [5.74, 6) is 2.27. The fraction of sp³-hybridized carbons (Fsp3) is 0.667. The van der Waals surface area contributed by atoms with Gasteiger partial charge in [-0.15, -0.1) is 0 Å². The quantitative estimate of drug-likeness (QED) is 0.675. The summed E-state index contributed by atoms with van der Waals surface area (Å²) in [6, 6.07) is 7.07. The summed E-state index contributed by atoms with van der Waals surface area (Å²) in [5, 5.41) is 4.43. The number of hydrogen-bond donors (Lipinski definition) is 1. The molecule has 0 aromatic heterocycles. The third kappa shape index (κ3) is 4.40. The lowest BCUT2D eigenvalue weighted by Gasteiger charge is -2.21. The second-order valence-corrected chi connectivity index (χ2v) is 7.16. The van der Waals surface area contributed by atoms with Crippen LogP contribution in [-0.4, -0.2) is 24.7 Å². The van der Waals surface area contributed by atoms with Gasteiger partial charge < -0.3 is 10.1 Å². The molecule has 0 fully saturated rings. The Morgan fingerprint density at radius 2 is 2.10 bits per heavy atom. The number of hydrogen-bond acceptors (Lipinski definition) is 3. The van der Waals surface area contributed by atoms with Gasteiger partial charge in [0.2, 0.25) is 0 Å². The molecule has 2 atom stereocenters. The number of unbranched alkanes of at least 4 members (excludes halogenated alkanes) is 2. The van der Waals surface area contributed by atoms with Crippen LogP contribution in [0.3, 0.4) is 0 Å². The van der Waals surface area contributed by atoms with E-state index in [0.717, 1.165) is 12.3 Å². The van der Waals surface area contributed by atoms with Crippen molar-refractivity contribution in [2.75, 3.05) is 19.4 Å². The molecule has 118 valence electrons. The Kier molecular flexibility index (Phi) is 6.91. The van der Waals surface area contributed by atoms with Crippen LogP contribution >= 0.6 is 11.8 Å². The zero-order valence-electron chi connectivity index (χ0n) is 13.7. The average molecular weight is 308 g/mol. The van der Waals surface area contributed by atoms with E-state index in [1.54, 1.807) is 7.11 Å². The molecule has 0 bridgehead atoms. The van der Waals surface area contributed by atoms with Crippen LogP contribution in [0.15, 0.2) is 18.2 Å². The molecular formula is C18H29NOS. The summed E-state index contributed by atoms with van der Waals surface area (Å²) in [7, 11) is 1.75. The summed E-state index contributed by atoms with van der Waals surface area (Å²) >= 11 is 2.15. The predicted molar refractivity (Wildman–Crippen MR) is 93.5 cm³/mol. The molecule has 1 aromatic rings. The van der Waals surface area contributed by atoms with E-state index in [1.165, 1.54) is 49.0 Å². The van der Waals surface area contributed by atoms with Crippen LogP contribution in [0.4, 0.5) is 0 Å². The number of ether oxygens (including phenoxy) is 1. The van der Waals surface area contributed by atoms with E-state index in [2.05, 4.69) is 49.1 Å². The highest BCUT2D eigenvalue weighted by Gasteiger charge is 2.32. The van der Waals surface area contributed by atoms with Gasteiger partial charge in [-0.3, -0.25) is 0 Å². The van der Waals surface area contributed by atoms with E-state index in [9.17, 15) is 0 Å². The van der Waals surface area contributed by atoms with Crippen molar-refractivity contribution in [1.29, 1.82) is 0 Å². The van der Waals surface area contributed by atoms with Crippen LogP contribution in [-0.2, 0) is 6.42 Å². The van der Waals surface area contributed by atoms with E-state index < -0.39 is 0 Å². The predicted octanol–water partition coefficient (Wildman–Crippen LogP) is 4.58. The van der Waals surface area contributed by atoms with Crippen molar-refractivity contribution in [3.05, 3.63) is 29.3 Å². The second kappa shape index (κ2) is 8.70. The number of nitrogens with one attached hydrogen (secondary N) is 1. The van der Waals surface area contributed by atoms with Crippen LogP contribution in [0.2, 0.25) is 0 Å². The molecular weight excluding hydrogens is 278 g/mol. The smallest absolute Gasteiger partial charge is 0.119 e. The topological polar surface area (TPSA) is 21.3 Å². The number of methoxy groups -OCH3 is 1. The lowest BCUT2D eigenvalue weighted by atomic mass is 10.1. The minimum atomic E-state index is 0.488. The molecule has 0 aliphatic heterocycles. The average Bonchev–Trinajstić information content (AvgIpc) is 2.86. The summed E-state index contributed by atoms with van der Waals surface area (Å²) in [5.41, 5.74) is 2.95. The molecule has 2 unspecified atom stereocenters. The zero-order valence-corrected chi connectivity index (χ0v) is 14.5. The molecule has 1 aliphatic carbocycles. The Morgan fingerprint density at radius 3 is 2.81 bits per heavy atom. The highest BCUT2D eigenvalue weighted by atomic mass is 32.2. The lowest BCUT2D eigenvalue weighted by molar-refractivity contribution is 0.413. The van der Waals surface area contributed by atoms with Gasteiger partial charge in [0.25, 0.3) is 0 Å². The Hall–Kier alpha value is -0.670. The fourth-order valence-corrected chi connectivity index (χ4v) is 4.40. The zero-order chi connectivity index (χ0) is 15.1. The van der Waals surface area contributed by atoms with Gasteiger partial charge in [0.1, 0.15) is 5.75 Å². The van der Waals surface area contributed by atoms with Gasteiger partial charge in [-0.1, -0.05) is 32.8 Å². The molecule has 0 saturated heterocycles. The van der Waals surface area contributed by atoms with Crippen molar-refractivity contribution in [2.45, 2.75) is 57.2 Å². The van der Waals surface area contributed by atoms with Crippen LogP contribution in [0.1, 0.15) is 56.7 Å². The number of thioether (sulfide) groups is 1. The first-order chi connectivity index (χ1) is 10.3. The van der Waals surface area contributed by atoms with Gasteiger partial charge in [-0.25, -0.2) is 0 Å². The van der Waals surface area contributed by atoms with Gasteiger partial charge in [0, 0.05) is 11.3 Å². The fourth-order valence-electron chi connectivity index (χ4n) is 2.99. The number of fused-ring (bicyclic) bond motifs is 1. The summed E-state index contributed by atoms with van der Waals surface area (Å²) in [4.78, 5) is 0. The SMILES string of the molecule is CCCCCSC1Cc2ccc(OC)cc2C1NCCC. The van der Waals surface area contributed by atoms with E-state index in [-0.39, 0.29) is 0 Å². The van der Waals surface area contributed by atoms with Crippen molar-refractivity contribution >= 4 is 11.8 Å². The molecule has 1 aliphatic rings. The molecule has 1 aromatic carbocycles. The van der Waals surface area contributed by atoms with E-state index in [1.807, 2.05) is 0 Å². The monoisotopic (exact) mass is 307 g/mol. The summed E-state index contributed by atoms with van der Waals surface area (Å²) < 4.78 is 5.41. The van der Waals surface area contributed by atoms with Gasteiger partial charge in [0.05, 0.1) is 7.11 Å². The minimum absolute atomic E-state index is 0.488. The number of benzene rings is 1. The molecule has 2 rings (SSSR count). The standard InChI is InChI=1S/C18H29NOS/c1-4-6-7-11-21-17-12-14-8-9-15(20-3)13-16(14)18(17)19-10-5-2/h8-9,13,17-19H,4-7,10-12H2,1-3H3. The second-order valence-electron chi connectivity index (χ2n) is 5.82. The molecule has 0 amide bonds. The maximum atomic E-state index is 5.41. The highest BCUT2D eigenvalue weighted by Crippen LogP contribution is 2.40. The molecule has 0 heterocycles. The molecule has 0 spiro atoms. The highest BCUT2D eigenvalue weighted by molar-refractivity contribution is 7.99. The summed E-state index contributed by atoms with van der Waals surface area (Å²) in [6.45, 7) is 5.60.